The summed E-state index contributed by atoms with van der Waals surface area (Å²) in [5.41, 5.74) is 0.622. The molecule has 10 heteroatoms. The van der Waals surface area contributed by atoms with E-state index in [0.717, 1.165) is 0 Å². The third-order valence-electron chi connectivity index (χ3n) is 3.50. The minimum Gasteiger partial charge on any atom is -0.346 e. The van der Waals surface area contributed by atoms with Crippen molar-refractivity contribution in [1.82, 2.24) is 20.2 Å². The topological polar surface area (TPSA) is 114 Å². The Hall–Kier alpha value is -1.91. The third-order valence-corrected chi connectivity index (χ3v) is 5.62. The summed E-state index contributed by atoms with van der Waals surface area (Å²) in [4.78, 5) is 16.6. The zero-order valence-electron chi connectivity index (χ0n) is 12.9. The van der Waals surface area contributed by atoms with Gasteiger partial charge in [-0.1, -0.05) is 23.4 Å². The predicted octanol–water partition coefficient (Wildman–Crippen LogP) is 0.452. The van der Waals surface area contributed by atoms with Crippen molar-refractivity contribution in [1.29, 1.82) is 0 Å². The fraction of sp³-hybridized carbons (Fsp3) is 0.357. The highest BCUT2D eigenvalue weighted by atomic mass is 32.2. The molecule has 0 saturated carbocycles. The Bertz CT molecular complexity index is 850. The lowest BCUT2D eigenvalue weighted by molar-refractivity contribution is -0.123. The molecular weight excluding hydrogens is 352 g/mol. The number of nitrogens with zero attached hydrogens (tertiary/aromatic N) is 2. The Morgan fingerprint density at radius 1 is 1.46 bits per heavy atom. The Balaban J connectivity index is 1.65. The molecule has 2 heterocycles. The van der Waals surface area contributed by atoms with Gasteiger partial charge in [0.15, 0.2) is 5.82 Å². The molecule has 1 aliphatic heterocycles. The van der Waals surface area contributed by atoms with Crippen molar-refractivity contribution >= 4 is 27.7 Å². The first-order valence-electron chi connectivity index (χ1n) is 7.18. The predicted molar refractivity (Wildman–Crippen MR) is 87.6 cm³/mol. The molecule has 2 aromatic rings. The summed E-state index contributed by atoms with van der Waals surface area (Å²) in [6, 6.07) is 5.78. The molecule has 1 aromatic heterocycles. The van der Waals surface area contributed by atoms with Crippen molar-refractivity contribution in [2.75, 3.05) is 6.26 Å². The second-order valence-electron chi connectivity index (χ2n) is 5.24. The van der Waals surface area contributed by atoms with Crippen LogP contribution in [-0.4, -0.2) is 36.8 Å². The van der Waals surface area contributed by atoms with Crippen molar-refractivity contribution in [3.63, 3.8) is 0 Å². The molecule has 1 unspecified atom stereocenters. The average Bonchev–Trinajstić information content (AvgIpc) is 3.00. The summed E-state index contributed by atoms with van der Waals surface area (Å²) in [6.07, 6.45) is 2.22. The molecule has 1 atom stereocenters. The van der Waals surface area contributed by atoms with E-state index < -0.39 is 22.0 Å². The number of carbonyl (C=O) groups excluding carboxylic acids is 1. The first-order valence-corrected chi connectivity index (χ1v) is 10.1. The fourth-order valence-electron chi connectivity index (χ4n) is 2.43. The van der Waals surface area contributed by atoms with Crippen molar-refractivity contribution in [3.05, 3.63) is 41.5 Å². The van der Waals surface area contributed by atoms with Crippen molar-refractivity contribution in [2.45, 2.75) is 29.7 Å². The number of hydrogen-bond acceptors (Lipinski definition) is 7. The molecule has 1 aliphatic rings. The minimum atomic E-state index is -3.69. The van der Waals surface area contributed by atoms with Crippen LogP contribution in [0.4, 0.5) is 0 Å². The lowest BCUT2D eigenvalue weighted by Gasteiger charge is -2.24. The maximum absolute atomic E-state index is 12.3. The lowest BCUT2D eigenvalue weighted by Crippen LogP contribution is -2.50. The molecular formula is C14H16N4O4S2. The number of sulfonamides is 1. The van der Waals surface area contributed by atoms with Crippen molar-refractivity contribution < 1.29 is 17.7 Å². The molecule has 0 bridgehead atoms. The van der Waals surface area contributed by atoms with E-state index in [1.54, 1.807) is 30.0 Å². The molecule has 128 valence electrons. The Morgan fingerprint density at radius 3 is 3.04 bits per heavy atom. The van der Waals surface area contributed by atoms with Gasteiger partial charge in [-0.25, -0.2) is 8.42 Å². The maximum atomic E-state index is 12.3. The summed E-state index contributed by atoms with van der Waals surface area (Å²) in [5, 5.41) is 6.40. The average molecular weight is 368 g/mol. The SMILES string of the molecule is CSCc1noc(CNC(=O)C2Cc3ccccc3S(=O)(=O)N2)n1. The van der Waals surface area contributed by atoms with E-state index in [9.17, 15) is 13.2 Å². The van der Waals surface area contributed by atoms with Crippen molar-refractivity contribution in [3.8, 4) is 0 Å². The molecule has 0 fully saturated rings. The Kier molecular flexibility index (Phi) is 4.88. The number of amides is 1. The summed E-state index contributed by atoms with van der Waals surface area (Å²) < 4.78 is 31.8. The van der Waals surface area contributed by atoms with E-state index in [1.807, 2.05) is 6.26 Å². The van der Waals surface area contributed by atoms with E-state index in [0.29, 0.717) is 23.6 Å². The summed E-state index contributed by atoms with van der Waals surface area (Å²) in [6.45, 7) is 0.0556. The van der Waals surface area contributed by atoms with Crippen molar-refractivity contribution in [2.24, 2.45) is 0 Å². The van der Waals surface area contributed by atoms with Crippen LogP contribution in [0.25, 0.3) is 0 Å². The van der Waals surface area contributed by atoms with Crippen LogP contribution < -0.4 is 10.0 Å². The molecule has 1 aromatic carbocycles. The van der Waals surface area contributed by atoms with Gasteiger partial charge in [-0.15, -0.1) is 0 Å². The van der Waals surface area contributed by atoms with Gasteiger partial charge in [0.2, 0.25) is 21.8 Å². The van der Waals surface area contributed by atoms with Gasteiger partial charge in [0.25, 0.3) is 0 Å². The van der Waals surface area contributed by atoms with Crippen LogP contribution in [0.3, 0.4) is 0 Å². The van der Waals surface area contributed by atoms with Crippen LogP contribution >= 0.6 is 11.8 Å². The molecule has 3 rings (SSSR count). The quantitative estimate of drug-likeness (QED) is 0.787. The molecule has 0 spiro atoms. The van der Waals surface area contributed by atoms with Gasteiger partial charge in [-0.2, -0.15) is 21.5 Å². The number of rotatable bonds is 5. The van der Waals surface area contributed by atoms with Gasteiger partial charge < -0.3 is 9.84 Å². The van der Waals surface area contributed by atoms with Crippen LogP contribution in [0.5, 0.6) is 0 Å². The third kappa shape index (κ3) is 3.60. The Morgan fingerprint density at radius 2 is 2.25 bits per heavy atom. The Labute approximate surface area is 143 Å². The summed E-state index contributed by atoms with van der Waals surface area (Å²) >= 11 is 1.56. The zero-order chi connectivity index (χ0) is 17.2. The number of benzene rings is 1. The normalized spacial score (nSPS) is 18.8. The molecule has 24 heavy (non-hydrogen) atoms. The number of thioether (sulfide) groups is 1. The van der Waals surface area contributed by atoms with Crippen LogP contribution in [0.1, 0.15) is 17.3 Å². The van der Waals surface area contributed by atoms with Gasteiger partial charge >= 0.3 is 0 Å². The zero-order valence-corrected chi connectivity index (χ0v) is 14.5. The summed E-state index contributed by atoms with van der Waals surface area (Å²) in [7, 11) is -3.69. The minimum absolute atomic E-state index is 0.0556. The highest BCUT2D eigenvalue weighted by Gasteiger charge is 2.33. The second-order valence-corrected chi connectivity index (χ2v) is 7.79. The van der Waals surface area contributed by atoms with E-state index >= 15 is 0 Å². The van der Waals surface area contributed by atoms with E-state index in [2.05, 4.69) is 20.2 Å². The number of nitrogens with one attached hydrogen (secondary N) is 2. The summed E-state index contributed by atoms with van der Waals surface area (Å²) in [5.74, 6) is 1.03. The van der Waals surface area contributed by atoms with E-state index in [4.69, 9.17) is 4.52 Å². The van der Waals surface area contributed by atoms with E-state index in [1.165, 1.54) is 6.07 Å². The van der Waals surface area contributed by atoms with Gasteiger partial charge in [0.05, 0.1) is 17.2 Å². The number of fused-ring (bicyclic) bond motifs is 1. The largest absolute Gasteiger partial charge is 0.346 e. The molecule has 0 radical (unpaired) electrons. The van der Waals surface area contributed by atoms with Gasteiger partial charge in [0, 0.05) is 0 Å². The van der Waals surface area contributed by atoms with E-state index in [-0.39, 0.29) is 17.3 Å². The van der Waals surface area contributed by atoms with Crippen LogP contribution in [0.15, 0.2) is 33.7 Å². The maximum Gasteiger partial charge on any atom is 0.246 e. The lowest BCUT2D eigenvalue weighted by atomic mass is 10.1. The second kappa shape index (κ2) is 6.91. The van der Waals surface area contributed by atoms with Crippen LogP contribution in [0.2, 0.25) is 0 Å². The first-order chi connectivity index (χ1) is 11.5. The van der Waals surface area contributed by atoms with Gasteiger partial charge in [0.1, 0.15) is 6.04 Å². The smallest absolute Gasteiger partial charge is 0.246 e. The van der Waals surface area contributed by atoms with Crippen LogP contribution in [-0.2, 0) is 33.5 Å². The standard InChI is InChI=1S/C14H16N4O4S2/c1-23-8-12-16-13(22-17-12)7-15-14(19)10-6-9-4-2-3-5-11(9)24(20,21)18-10/h2-5,10,18H,6-8H2,1H3,(H,15,19). The van der Waals surface area contributed by atoms with Gasteiger partial charge in [-0.05, 0) is 24.3 Å². The molecule has 0 saturated heterocycles. The monoisotopic (exact) mass is 368 g/mol. The number of aromatic nitrogens is 2. The highest BCUT2D eigenvalue weighted by molar-refractivity contribution is 7.97. The van der Waals surface area contributed by atoms with Crippen LogP contribution in [0, 0.1) is 0 Å². The molecule has 2 N–H and O–H groups in total. The molecule has 0 aliphatic carbocycles. The molecule has 8 nitrogen and oxygen atoms in total. The fourth-order valence-corrected chi connectivity index (χ4v) is 4.25. The number of carbonyl (C=O) groups is 1. The first kappa shape index (κ1) is 16.9. The number of hydrogen-bond donors (Lipinski definition) is 2. The molecule has 1 amide bonds. The van der Waals surface area contributed by atoms with Gasteiger partial charge in [-0.3, -0.25) is 4.79 Å². The highest BCUT2D eigenvalue weighted by Crippen LogP contribution is 2.22.